The minimum atomic E-state index is -4.67. The third kappa shape index (κ3) is 4.46. The smallest absolute Gasteiger partial charge is 0.494 e. The summed E-state index contributed by atoms with van der Waals surface area (Å²) in [4.78, 5) is 49.1. The number of methoxy groups -OCH3 is 1. The summed E-state index contributed by atoms with van der Waals surface area (Å²) in [5.74, 6) is -3.93. The Bertz CT molecular complexity index is 1770. The van der Waals surface area contributed by atoms with Gasteiger partial charge in [-0.15, -0.1) is 0 Å². The van der Waals surface area contributed by atoms with E-state index in [0.717, 1.165) is 47.0 Å². The summed E-state index contributed by atoms with van der Waals surface area (Å²) in [5.41, 5.74) is 1.47. The van der Waals surface area contributed by atoms with Crippen LogP contribution in [0.1, 0.15) is 30.5 Å². The number of ether oxygens (including phenoxy) is 2. The number of carbonyl (C=O) groups excluding carboxylic acids is 4. The summed E-state index contributed by atoms with van der Waals surface area (Å²) in [6.45, 7) is 1.54. The fourth-order valence-electron chi connectivity index (χ4n) is 4.82. The molecule has 5 rings (SSSR count). The van der Waals surface area contributed by atoms with Gasteiger partial charge in [-0.2, -0.15) is 13.4 Å². The lowest BCUT2D eigenvalue weighted by Gasteiger charge is -2.30. The molecule has 0 spiro atoms. The largest absolute Gasteiger partial charge is 0.513 e. The van der Waals surface area contributed by atoms with Crippen LogP contribution in [0.15, 0.2) is 59.5 Å². The highest BCUT2D eigenvalue weighted by Crippen LogP contribution is 2.52. The van der Waals surface area contributed by atoms with Gasteiger partial charge in [0.2, 0.25) is 11.8 Å². The van der Waals surface area contributed by atoms with Crippen molar-refractivity contribution in [3.63, 3.8) is 0 Å². The van der Waals surface area contributed by atoms with Crippen molar-refractivity contribution in [3.8, 4) is 28.6 Å². The van der Waals surface area contributed by atoms with Crippen molar-refractivity contribution in [3.05, 3.63) is 65.7 Å². The fourth-order valence-corrected chi connectivity index (χ4v) is 5.34. The number of aromatic nitrogens is 1. The zero-order valence-electron chi connectivity index (χ0n) is 21.3. The molecule has 14 nitrogen and oxygen atoms in total. The summed E-state index contributed by atoms with van der Waals surface area (Å²) < 4.78 is 43.9. The van der Waals surface area contributed by atoms with Crippen LogP contribution in [-0.2, 0) is 29.2 Å². The van der Waals surface area contributed by atoms with E-state index < -0.39 is 62.4 Å². The highest BCUT2D eigenvalue weighted by molar-refractivity contribution is 7.85. The lowest BCUT2D eigenvalue weighted by molar-refractivity contribution is -0.142. The number of hydrogen-bond donors (Lipinski definition) is 3. The van der Waals surface area contributed by atoms with Gasteiger partial charge < -0.3 is 19.7 Å². The van der Waals surface area contributed by atoms with Gasteiger partial charge in [-0.25, -0.2) is 9.80 Å². The predicted molar refractivity (Wildman–Crippen MR) is 138 cm³/mol. The van der Waals surface area contributed by atoms with Crippen LogP contribution in [0.4, 0.5) is 10.5 Å². The number of hydrogen-bond acceptors (Lipinski definition) is 10. The van der Waals surface area contributed by atoms with Crippen molar-refractivity contribution in [1.82, 2.24) is 9.58 Å². The number of nitrogens with zero attached hydrogens (tertiary/aromatic N) is 3. The molecule has 41 heavy (non-hydrogen) atoms. The quantitative estimate of drug-likeness (QED) is 0.172. The average Bonchev–Trinajstić information content (AvgIpc) is 3.53. The summed E-state index contributed by atoms with van der Waals surface area (Å²) in [6.07, 6.45) is 0.755. The molecular formula is C26H21N3O11S. The lowest BCUT2D eigenvalue weighted by atomic mass is 10.0. The molecule has 1 aliphatic carbocycles. The second-order valence-electron chi connectivity index (χ2n) is 8.90. The Hall–Kier alpha value is -5.15. The fraction of sp³-hybridized carbons (Fsp3) is 0.154. The molecular weight excluding hydrogens is 562 g/mol. The topological polar surface area (TPSA) is 193 Å². The molecule has 1 aromatic heterocycles. The Balaban J connectivity index is 1.74. The molecule has 0 fully saturated rings. The maximum Gasteiger partial charge on any atom is 0.513 e. The Labute approximate surface area is 231 Å². The van der Waals surface area contributed by atoms with Gasteiger partial charge in [0.25, 0.3) is 21.9 Å². The van der Waals surface area contributed by atoms with E-state index in [1.807, 2.05) is 0 Å². The van der Waals surface area contributed by atoms with Gasteiger partial charge in [0, 0.05) is 24.6 Å². The standard InChI is InChI=1S/C26H21N3O11S/c1-3-20(30)28(29-21(31)8-9-22(29)32)13-4-6-15-16-7-5-14(41(36,37)38)11-18(16)24(17(15)10-13)27-23(33)12-19(25(27)34)40-26(35)39-2/h4-12,24,33-34H,3H2,1-2H3,(H,36,37,38). The predicted octanol–water partition coefficient (Wildman–Crippen LogP) is 2.49. The first-order valence-electron chi connectivity index (χ1n) is 11.9. The summed E-state index contributed by atoms with van der Waals surface area (Å²) in [6, 6.07) is 7.88. The molecule has 3 amide bonds. The Kier molecular flexibility index (Phi) is 6.55. The highest BCUT2D eigenvalue weighted by atomic mass is 32.2. The van der Waals surface area contributed by atoms with Crippen LogP contribution >= 0.6 is 0 Å². The SMILES string of the molecule is CCC(=O)N(c1ccc2c(c1)C(n1c(O)cc(OC(=O)OC)c1O)c1cc(S(=O)(=O)O)ccc1-2)N1C(=O)C=CC1=O. The normalized spacial score (nSPS) is 15.6. The first kappa shape index (κ1) is 27.4. The van der Waals surface area contributed by atoms with E-state index in [0.29, 0.717) is 16.1 Å². The summed E-state index contributed by atoms with van der Waals surface area (Å²) in [5, 5.41) is 23.4. The van der Waals surface area contributed by atoms with E-state index >= 15 is 0 Å². The van der Waals surface area contributed by atoms with Crippen molar-refractivity contribution in [2.24, 2.45) is 0 Å². The number of benzene rings is 2. The van der Waals surface area contributed by atoms with Gasteiger partial charge in [-0.3, -0.25) is 23.5 Å². The maximum absolute atomic E-state index is 13.0. The number of anilines is 1. The molecule has 0 saturated heterocycles. The first-order chi connectivity index (χ1) is 19.4. The van der Waals surface area contributed by atoms with Crippen LogP contribution in [0.3, 0.4) is 0 Å². The number of amides is 3. The third-order valence-corrected chi connectivity index (χ3v) is 7.43. The molecule has 0 saturated carbocycles. The number of fused-ring (bicyclic) bond motifs is 3. The van der Waals surface area contributed by atoms with E-state index in [1.165, 1.54) is 25.1 Å². The van der Waals surface area contributed by atoms with E-state index in [-0.39, 0.29) is 23.2 Å². The van der Waals surface area contributed by atoms with Gasteiger partial charge in [-0.1, -0.05) is 19.1 Å². The molecule has 1 aliphatic heterocycles. The van der Waals surface area contributed by atoms with Gasteiger partial charge in [-0.05, 0) is 46.5 Å². The molecule has 2 aromatic carbocycles. The highest BCUT2D eigenvalue weighted by Gasteiger charge is 2.38. The average molecular weight is 584 g/mol. The zero-order valence-corrected chi connectivity index (χ0v) is 22.2. The Morgan fingerprint density at radius 1 is 0.976 bits per heavy atom. The van der Waals surface area contributed by atoms with Crippen LogP contribution in [0.2, 0.25) is 0 Å². The number of imide groups is 1. The van der Waals surface area contributed by atoms with Crippen molar-refractivity contribution < 1.29 is 51.8 Å². The van der Waals surface area contributed by atoms with Crippen LogP contribution in [-0.4, -0.2) is 63.7 Å². The van der Waals surface area contributed by atoms with E-state index in [2.05, 4.69) is 4.74 Å². The second-order valence-corrected chi connectivity index (χ2v) is 10.3. The van der Waals surface area contributed by atoms with Gasteiger partial charge >= 0.3 is 6.16 Å². The minimum absolute atomic E-state index is 0.0750. The molecule has 1 atom stereocenters. The van der Waals surface area contributed by atoms with E-state index in [9.17, 15) is 42.4 Å². The molecule has 0 radical (unpaired) electrons. The number of hydrazine groups is 1. The second kappa shape index (κ2) is 9.79. The molecule has 0 bridgehead atoms. The molecule has 2 aliphatic rings. The van der Waals surface area contributed by atoms with E-state index in [4.69, 9.17) is 4.74 Å². The van der Waals surface area contributed by atoms with Gasteiger partial charge in [0.15, 0.2) is 11.6 Å². The van der Waals surface area contributed by atoms with Crippen LogP contribution < -0.4 is 9.75 Å². The molecule has 1 unspecified atom stereocenters. The Morgan fingerprint density at radius 3 is 2.17 bits per heavy atom. The summed E-state index contributed by atoms with van der Waals surface area (Å²) in [7, 11) is -3.64. The third-order valence-electron chi connectivity index (χ3n) is 6.58. The maximum atomic E-state index is 13.0. The van der Waals surface area contributed by atoms with Gasteiger partial charge in [0.05, 0.1) is 23.7 Å². The zero-order chi connectivity index (χ0) is 29.8. The van der Waals surface area contributed by atoms with Crippen LogP contribution in [0.5, 0.6) is 17.5 Å². The van der Waals surface area contributed by atoms with E-state index in [1.54, 1.807) is 6.07 Å². The van der Waals surface area contributed by atoms with Crippen molar-refractivity contribution in [2.45, 2.75) is 24.3 Å². The number of aromatic hydroxyl groups is 2. The molecule has 2 heterocycles. The monoisotopic (exact) mass is 583 g/mol. The van der Waals surface area contributed by atoms with Gasteiger partial charge in [0.1, 0.15) is 0 Å². The lowest BCUT2D eigenvalue weighted by Crippen LogP contribution is -2.50. The van der Waals surface area contributed by atoms with Crippen molar-refractivity contribution in [2.75, 3.05) is 12.1 Å². The van der Waals surface area contributed by atoms with Crippen LogP contribution in [0, 0.1) is 0 Å². The molecule has 3 aromatic rings. The Morgan fingerprint density at radius 2 is 1.59 bits per heavy atom. The summed E-state index contributed by atoms with van der Waals surface area (Å²) >= 11 is 0. The molecule has 3 N–H and O–H groups in total. The molecule has 212 valence electrons. The van der Waals surface area contributed by atoms with Crippen molar-refractivity contribution >= 4 is 39.7 Å². The number of rotatable bonds is 6. The number of carbonyl (C=O) groups is 4. The minimum Gasteiger partial charge on any atom is -0.494 e. The molecule has 15 heteroatoms. The van der Waals surface area contributed by atoms with Crippen molar-refractivity contribution in [1.29, 1.82) is 0 Å². The van der Waals surface area contributed by atoms with Crippen LogP contribution in [0.25, 0.3) is 11.1 Å². The first-order valence-corrected chi connectivity index (χ1v) is 13.3.